The highest BCUT2D eigenvalue weighted by molar-refractivity contribution is 5.23. The summed E-state index contributed by atoms with van der Waals surface area (Å²) in [5.41, 5.74) is 1.45. The summed E-state index contributed by atoms with van der Waals surface area (Å²) in [5.74, 6) is 0.659. The van der Waals surface area contributed by atoms with Gasteiger partial charge in [0.15, 0.2) is 12.6 Å². The molecule has 0 amide bonds. The van der Waals surface area contributed by atoms with E-state index in [1.165, 1.54) is 11.1 Å². The first kappa shape index (κ1) is 43.5. The number of aliphatic hydroxyl groups is 9. The zero-order chi connectivity index (χ0) is 40.6. The molecule has 6 fully saturated rings. The van der Waals surface area contributed by atoms with E-state index in [0.29, 0.717) is 18.8 Å². The van der Waals surface area contributed by atoms with Gasteiger partial charge < -0.3 is 64.9 Å². The Labute approximate surface area is 326 Å². The molecule has 20 atom stereocenters. The Balaban J connectivity index is 1.26. The fourth-order valence-electron chi connectivity index (χ4n) is 13.1. The average Bonchev–Trinajstić information content (AvgIpc) is 3.49. The Kier molecular flexibility index (Phi) is 12.6. The fraction of sp³-hybridized carbons (Fsp3) is 0.905. The van der Waals surface area contributed by atoms with Crippen LogP contribution in [0.3, 0.4) is 0 Å². The number of hydrogen-bond donors (Lipinski definition) is 9. The van der Waals surface area contributed by atoms with Gasteiger partial charge in [-0.1, -0.05) is 57.9 Å². The zero-order valence-electron chi connectivity index (χ0n) is 34.0. The summed E-state index contributed by atoms with van der Waals surface area (Å²) < 4.78 is 24.1. The predicted octanol–water partition coefficient (Wildman–Crippen LogP) is 1.93. The first-order valence-electron chi connectivity index (χ1n) is 20.6. The molecule has 0 radical (unpaired) electrons. The second kappa shape index (κ2) is 15.9. The minimum absolute atomic E-state index is 0.0549. The van der Waals surface area contributed by atoms with E-state index in [2.05, 4.69) is 67.5 Å². The maximum atomic E-state index is 12.2. The van der Waals surface area contributed by atoms with Gasteiger partial charge in [0.05, 0.1) is 31.5 Å². The van der Waals surface area contributed by atoms with Crippen LogP contribution in [-0.2, 0) is 18.9 Å². The molecule has 2 aliphatic heterocycles. The molecule has 2 saturated heterocycles. The quantitative estimate of drug-likeness (QED) is 0.121. The van der Waals surface area contributed by atoms with Gasteiger partial charge in [0, 0.05) is 0 Å². The van der Waals surface area contributed by atoms with E-state index in [1.807, 2.05) is 0 Å². The van der Waals surface area contributed by atoms with Crippen LogP contribution in [0, 0.1) is 45.3 Å². The molecule has 13 heteroatoms. The number of hydrogen-bond acceptors (Lipinski definition) is 13. The highest BCUT2D eigenvalue weighted by Crippen LogP contribution is 2.75. The summed E-state index contributed by atoms with van der Waals surface area (Å²) in [6.45, 7) is 16.3. The molecule has 6 rings (SSSR count). The lowest BCUT2D eigenvalue weighted by Gasteiger charge is -2.71. The van der Waals surface area contributed by atoms with Crippen molar-refractivity contribution in [3.63, 3.8) is 0 Å². The molecule has 0 spiro atoms. The standard InChI is InChI=1S/C42H70O13/c1-20(2)10-9-11-21(3)22-12-14-42(8)29(22)23(45)16-28-40(6)17-24(46)36(39(4,5)27(40)13-15-41(28,42)7)55-38-35(33(50)31(48)26(19-44)53-38)54-37-34(51)32(49)30(47)25(18-43)52-37/h10-11,22-38,43-51H,9,12-19H2,1-8H3/b21-11-/t22-,23-,24-,25-,26-,27+,28-,29+,30-,31-,32+,33+,34-,35-,36+,37+,38+,40+,41-,42-/m0/s1. The summed E-state index contributed by atoms with van der Waals surface area (Å²) in [7, 11) is 0. The van der Waals surface area contributed by atoms with E-state index in [0.717, 1.165) is 32.1 Å². The highest BCUT2D eigenvalue weighted by atomic mass is 16.8. The van der Waals surface area contributed by atoms with Gasteiger partial charge in [0.25, 0.3) is 0 Å². The first-order valence-corrected chi connectivity index (χ1v) is 20.6. The van der Waals surface area contributed by atoms with Gasteiger partial charge in [-0.25, -0.2) is 0 Å². The van der Waals surface area contributed by atoms with E-state index >= 15 is 0 Å². The number of rotatable bonds is 9. The van der Waals surface area contributed by atoms with Gasteiger partial charge in [-0.3, -0.25) is 0 Å². The third-order valence-corrected chi connectivity index (χ3v) is 16.1. The Morgan fingerprint density at radius 3 is 1.89 bits per heavy atom. The zero-order valence-corrected chi connectivity index (χ0v) is 34.0. The molecule has 55 heavy (non-hydrogen) atoms. The maximum Gasteiger partial charge on any atom is 0.187 e. The molecule has 0 unspecified atom stereocenters. The minimum Gasteiger partial charge on any atom is -0.394 e. The molecule has 2 heterocycles. The molecule has 316 valence electrons. The SMILES string of the molecule is CC(C)=CC/C=C(/C)[C@@H]1CC[C@@]2(C)[C@H]1[C@@H](O)C[C@H]1[C@]3(C)C[C@H](O)[C@@H](O[C@H]4O[C@@H](CO)[C@H](O)[C@@H](O)[C@@H]4O[C@H]4O[C@@H](CO)[C@H](O)[C@@H](O)[C@@H]4O)C(C)(C)[C@H]3CC[C@@]12C. The van der Waals surface area contributed by atoms with Crippen LogP contribution in [0.25, 0.3) is 0 Å². The van der Waals surface area contributed by atoms with Crippen LogP contribution in [0.2, 0.25) is 0 Å². The van der Waals surface area contributed by atoms with E-state index < -0.39 is 98.4 Å². The Morgan fingerprint density at radius 2 is 1.27 bits per heavy atom. The van der Waals surface area contributed by atoms with Crippen molar-refractivity contribution >= 4 is 0 Å². The molecule has 0 aromatic carbocycles. The van der Waals surface area contributed by atoms with Crippen LogP contribution >= 0.6 is 0 Å². The number of fused-ring (bicyclic) bond motifs is 5. The minimum atomic E-state index is -1.79. The summed E-state index contributed by atoms with van der Waals surface area (Å²) >= 11 is 0. The van der Waals surface area contributed by atoms with Gasteiger partial charge in [0.1, 0.15) is 48.8 Å². The summed E-state index contributed by atoms with van der Waals surface area (Å²) in [6.07, 6.45) is -7.67. The van der Waals surface area contributed by atoms with Crippen LogP contribution in [0.4, 0.5) is 0 Å². The number of allylic oxidation sites excluding steroid dienone is 4. The van der Waals surface area contributed by atoms with Crippen molar-refractivity contribution in [3.8, 4) is 0 Å². The van der Waals surface area contributed by atoms with E-state index in [4.69, 9.17) is 18.9 Å². The van der Waals surface area contributed by atoms with Gasteiger partial charge in [-0.15, -0.1) is 0 Å². The molecule has 13 nitrogen and oxygen atoms in total. The highest BCUT2D eigenvalue weighted by Gasteiger charge is 2.71. The lowest BCUT2D eigenvalue weighted by Crippen LogP contribution is -2.69. The monoisotopic (exact) mass is 782 g/mol. The lowest BCUT2D eigenvalue weighted by atomic mass is 9.35. The molecule has 0 bridgehead atoms. The molecule has 0 aromatic heterocycles. The summed E-state index contributed by atoms with van der Waals surface area (Å²) in [4.78, 5) is 0. The molecule has 6 aliphatic rings. The number of ether oxygens (including phenoxy) is 4. The van der Waals surface area contributed by atoms with Crippen molar-refractivity contribution in [2.45, 2.75) is 180 Å². The summed E-state index contributed by atoms with van der Waals surface area (Å²) in [6, 6.07) is 0. The van der Waals surface area contributed by atoms with Crippen molar-refractivity contribution in [2.24, 2.45) is 45.3 Å². The van der Waals surface area contributed by atoms with E-state index in [-0.39, 0.29) is 34.0 Å². The molecule has 4 saturated carbocycles. The van der Waals surface area contributed by atoms with Crippen molar-refractivity contribution in [1.29, 1.82) is 0 Å². The molecule has 4 aliphatic carbocycles. The molecular formula is C42H70O13. The normalized spacial score (nSPS) is 52.5. The van der Waals surface area contributed by atoms with Crippen molar-refractivity contribution in [1.82, 2.24) is 0 Å². The van der Waals surface area contributed by atoms with Crippen LogP contribution in [-0.4, -0.2) is 139 Å². The average molecular weight is 783 g/mol. The maximum absolute atomic E-state index is 12.2. The van der Waals surface area contributed by atoms with Gasteiger partial charge in [-0.2, -0.15) is 0 Å². The van der Waals surface area contributed by atoms with Gasteiger partial charge in [-0.05, 0) is 111 Å². The smallest absolute Gasteiger partial charge is 0.187 e. The van der Waals surface area contributed by atoms with Crippen molar-refractivity contribution in [2.75, 3.05) is 13.2 Å². The second-order valence-electron chi connectivity index (χ2n) is 19.6. The third kappa shape index (κ3) is 7.12. The van der Waals surface area contributed by atoms with Crippen molar-refractivity contribution in [3.05, 3.63) is 23.3 Å². The Morgan fingerprint density at radius 1 is 0.673 bits per heavy atom. The second-order valence-corrected chi connectivity index (χ2v) is 19.6. The number of aliphatic hydroxyl groups excluding tert-OH is 9. The Hall–Kier alpha value is -1.04. The van der Waals surface area contributed by atoms with E-state index in [1.54, 1.807) is 0 Å². The van der Waals surface area contributed by atoms with E-state index in [9.17, 15) is 46.0 Å². The lowest BCUT2D eigenvalue weighted by molar-refractivity contribution is -0.383. The van der Waals surface area contributed by atoms with Gasteiger partial charge >= 0.3 is 0 Å². The topological polar surface area (TPSA) is 219 Å². The fourth-order valence-corrected chi connectivity index (χ4v) is 13.1. The predicted molar refractivity (Wildman–Crippen MR) is 201 cm³/mol. The molecule has 9 N–H and O–H groups in total. The molecule has 0 aromatic rings. The van der Waals surface area contributed by atoms with Crippen LogP contribution in [0.5, 0.6) is 0 Å². The van der Waals surface area contributed by atoms with Crippen LogP contribution in [0.15, 0.2) is 23.3 Å². The first-order chi connectivity index (χ1) is 25.7. The van der Waals surface area contributed by atoms with Crippen LogP contribution in [0.1, 0.15) is 100 Å². The third-order valence-electron chi connectivity index (χ3n) is 16.1. The Bertz CT molecular complexity index is 1420. The molecular weight excluding hydrogens is 712 g/mol. The van der Waals surface area contributed by atoms with Gasteiger partial charge in [0.2, 0.25) is 0 Å². The summed E-state index contributed by atoms with van der Waals surface area (Å²) in [5, 5.41) is 97.6. The van der Waals surface area contributed by atoms with Crippen molar-refractivity contribution < 1.29 is 64.9 Å². The largest absolute Gasteiger partial charge is 0.394 e. The van der Waals surface area contributed by atoms with Crippen LogP contribution < -0.4 is 0 Å².